The Kier molecular flexibility index (Phi) is 6.45. The van der Waals surface area contributed by atoms with Crippen LogP contribution < -0.4 is 10.0 Å². The number of carbonyl (C=O) groups excluding carboxylic acids is 1. The van der Waals surface area contributed by atoms with E-state index in [0.29, 0.717) is 19.1 Å². The predicted molar refractivity (Wildman–Crippen MR) is 91.6 cm³/mol. The standard InChI is InChI=1S/C15H22N4O5S/c1-16-12-7-10-18(11-8-12)15(20)6-9-17-25(23,24)14-4-2-13(3-5-14)19(21)22/h2-5,12,16-17H,6-11H2,1H3. The van der Waals surface area contributed by atoms with Crippen molar-refractivity contribution in [1.82, 2.24) is 14.9 Å². The van der Waals surface area contributed by atoms with Crippen LogP contribution in [-0.2, 0) is 14.8 Å². The van der Waals surface area contributed by atoms with Crippen LogP contribution in [0.3, 0.4) is 0 Å². The molecule has 1 fully saturated rings. The van der Waals surface area contributed by atoms with Crippen molar-refractivity contribution in [2.45, 2.75) is 30.2 Å². The summed E-state index contributed by atoms with van der Waals surface area (Å²) in [4.78, 5) is 23.8. The summed E-state index contributed by atoms with van der Waals surface area (Å²) >= 11 is 0. The zero-order valence-corrected chi connectivity index (χ0v) is 14.8. The van der Waals surface area contributed by atoms with Crippen LogP contribution in [0.4, 0.5) is 5.69 Å². The summed E-state index contributed by atoms with van der Waals surface area (Å²) in [5, 5.41) is 13.8. The first-order valence-electron chi connectivity index (χ1n) is 8.02. The summed E-state index contributed by atoms with van der Waals surface area (Å²) < 4.78 is 26.6. The molecule has 1 aliphatic rings. The molecule has 2 rings (SSSR count). The molecule has 0 radical (unpaired) electrons. The number of carbonyl (C=O) groups is 1. The maximum Gasteiger partial charge on any atom is 0.269 e. The third-order valence-electron chi connectivity index (χ3n) is 4.24. The fourth-order valence-corrected chi connectivity index (χ4v) is 3.73. The van der Waals surface area contributed by atoms with Crippen LogP contribution in [0.5, 0.6) is 0 Å². The van der Waals surface area contributed by atoms with E-state index in [1.165, 1.54) is 12.1 Å². The van der Waals surface area contributed by atoms with Crippen LogP contribution in [0.25, 0.3) is 0 Å². The molecule has 138 valence electrons. The number of hydrogen-bond donors (Lipinski definition) is 2. The second-order valence-electron chi connectivity index (χ2n) is 5.84. The van der Waals surface area contributed by atoms with Gasteiger partial charge in [0.05, 0.1) is 9.82 Å². The highest BCUT2D eigenvalue weighted by atomic mass is 32.2. The van der Waals surface area contributed by atoms with Gasteiger partial charge >= 0.3 is 0 Å². The second-order valence-corrected chi connectivity index (χ2v) is 7.61. The Bertz CT molecular complexity index is 712. The normalized spacial score (nSPS) is 16.0. The Morgan fingerprint density at radius 1 is 1.28 bits per heavy atom. The van der Waals surface area contributed by atoms with Gasteiger partial charge in [0.25, 0.3) is 5.69 Å². The van der Waals surface area contributed by atoms with E-state index in [4.69, 9.17) is 0 Å². The number of sulfonamides is 1. The largest absolute Gasteiger partial charge is 0.343 e. The van der Waals surface area contributed by atoms with Gasteiger partial charge in [0.1, 0.15) is 0 Å². The van der Waals surface area contributed by atoms with Gasteiger partial charge in [0.2, 0.25) is 15.9 Å². The van der Waals surface area contributed by atoms with Gasteiger partial charge in [0.15, 0.2) is 0 Å². The highest BCUT2D eigenvalue weighted by Gasteiger charge is 2.22. The molecule has 1 amide bonds. The molecule has 0 unspecified atom stereocenters. The van der Waals surface area contributed by atoms with E-state index >= 15 is 0 Å². The quantitative estimate of drug-likeness (QED) is 0.532. The van der Waals surface area contributed by atoms with Crippen molar-refractivity contribution in [2.75, 3.05) is 26.7 Å². The molecule has 1 aromatic rings. The molecule has 0 bridgehead atoms. The van der Waals surface area contributed by atoms with Gasteiger partial charge in [-0.15, -0.1) is 0 Å². The van der Waals surface area contributed by atoms with Crippen molar-refractivity contribution >= 4 is 21.6 Å². The first-order chi connectivity index (χ1) is 11.8. The third-order valence-corrected chi connectivity index (χ3v) is 5.72. The predicted octanol–water partition coefficient (Wildman–Crippen LogP) is 0.474. The van der Waals surface area contributed by atoms with Crippen molar-refractivity contribution < 1.29 is 18.1 Å². The van der Waals surface area contributed by atoms with Gasteiger partial charge in [-0.1, -0.05) is 0 Å². The summed E-state index contributed by atoms with van der Waals surface area (Å²) in [6.07, 6.45) is 1.85. The van der Waals surface area contributed by atoms with E-state index in [2.05, 4.69) is 10.0 Å². The van der Waals surface area contributed by atoms with Crippen LogP contribution in [0.2, 0.25) is 0 Å². The molecule has 0 aliphatic carbocycles. The number of benzene rings is 1. The number of piperidine rings is 1. The highest BCUT2D eigenvalue weighted by Crippen LogP contribution is 2.16. The van der Waals surface area contributed by atoms with Crippen molar-refractivity contribution in [3.05, 3.63) is 34.4 Å². The minimum absolute atomic E-state index is 0.00981. The SMILES string of the molecule is CNC1CCN(C(=O)CCNS(=O)(=O)c2ccc([N+](=O)[O-])cc2)CC1. The van der Waals surface area contributed by atoms with Gasteiger partial charge in [-0.2, -0.15) is 0 Å². The fraction of sp³-hybridized carbons (Fsp3) is 0.533. The van der Waals surface area contributed by atoms with Crippen LogP contribution in [-0.4, -0.2) is 56.9 Å². The molecule has 0 aromatic heterocycles. The van der Waals surface area contributed by atoms with Crippen LogP contribution >= 0.6 is 0 Å². The molecule has 0 atom stereocenters. The molecule has 10 heteroatoms. The van der Waals surface area contributed by atoms with E-state index in [9.17, 15) is 23.3 Å². The molecule has 0 saturated carbocycles. The number of nitrogens with zero attached hydrogens (tertiary/aromatic N) is 2. The molecule has 2 N–H and O–H groups in total. The number of amides is 1. The fourth-order valence-electron chi connectivity index (χ4n) is 2.70. The summed E-state index contributed by atoms with van der Waals surface area (Å²) in [6, 6.07) is 5.03. The minimum Gasteiger partial charge on any atom is -0.343 e. The number of hydrogen-bond acceptors (Lipinski definition) is 6. The van der Waals surface area contributed by atoms with Crippen molar-refractivity contribution in [3.63, 3.8) is 0 Å². The first kappa shape index (κ1) is 19.3. The lowest BCUT2D eigenvalue weighted by Gasteiger charge is -2.31. The minimum atomic E-state index is -3.80. The molecule has 1 aliphatic heterocycles. The summed E-state index contributed by atoms with van der Waals surface area (Å²) in [5.41, 5.74) is -0.181. The highest BCUT2D eigenvalue weighted by molar-refractivity contribution is 7.89. The average molecular weight is 370 g/mol. The van der Waals surface area contributed by atoms with E-state index in [-0.39, 0.29) is 29.5 Å². The smallest absolute Gasteiger partial charge is 0.269 e. The van der Waals surface area contributed by atoms with Crippen LogP contribution in [0.15, 0.2) is 29.2 Å². The molecular weight excluding hydrogens is 348 g/mol. The zero-order chi connectivity index (χ0) is 18.4. The molecule has 1 saturated heterocycles. The lowest BCUT2D eigenvalue weighted by molar-refractivity contribution is -0.384. The van der Waals surface area contributed by atoms with Crippen molar-refractivity contribution in [3.8, 4) is 0 Å². The Morgan fingerprint density at radius 3 is 2.40 bits per heavy atom. The van der Waals surface area contributed by atoms with E-state index in [1.807, 2.05) is 7.05 Å². The zero-order valence-electron chi connectivity index (χ0n) is 14.0. The van der Waals surface area contributed by atoms with Crippen molar-refractivity contribution in [2.24, 2.45) is 0 Å². The lowest BCUT2D eigenvalue weighted by atomic mass is 10.1. The summed E-state index contributed by atoms with van der Waals surface area (Å²) in [6.45, 7) is 1.32. The monoisotopic (exact) mass is 370 g/mol. The average Bonchev–Trinajstić information content (AvgIpc) is 2.61. The number of likely N-dealkylation sites (tertiary alicyclic amines) is 1. The third kappa shape index (κ3) is 5.21. The molecule has 1 heterocycles. The maximum atomic E-state index is 12.1. The Balaban J connectivity index is 1.83. The number of non-ortho nitro benzene ring substituents is 1. The Labute approximate surface area is 146 Å². The number of nitrogens with one attached hydrogen (secondary N) is 2. The number of nitro groups is 1. The van der Waals surface area contributed by atoms with Gasteiger partial charge < -0.3 is 10.2 Å². The molecule has 9 nitrogen and oxygen atoms in total. The summed E-state index contributed by atoms with van der Waals surface area (Å²) in [7, 11) is -1.90. The summed E-state index contributed by atoms with van der Waals surface area (Å²) in [5.74, 6) is -0.0825. The van der Waals surface area contributed by atoms with Gasteiger partial charge in [-0.3, -0.25) is 14.9 Å². The number of rotatable bonds is 7. The lowest BCUT2D eigenvalue weighted by Crippen LogP contribution is -2.44. The molecule has 0 spiro atoms. The Morgan fingerprint density at radius 2 is 1.88 bits per heavy atom. The van der Waals surface area contributed by atoms with Gasteiger partial charge in [0, 0.05) is 44.2 Å². The molecular formula is C15H22N4O5S. The topological polar surface area (TPSA) is 122 Å². The number of nitro benzene ring substituents is 1. The van der Waals surface area contributed by atoms with E-state index in [1.54, 1.807) is 4.90 Å². The van der Waals surface area contributed by atoms with Gasteiger partial charge in [-0.25, -0.2) is 13.1 Å². The van der Waals surface area contributed by atoms with Crippen LogP contribution in [0, 0.1) is 10.1 Å². The Hall–Kier alpha value is -2.04. The molecule has 1 aromatic carbocycles. The first-order valence-corrected chi connectivity index (χ1v) is 9.51. The van der Waals surface area contributed by atoms with E-state index in [0.717, 1.165) is 25.0 Å². The van der Waals surface area contributed by atoms with E-state index < -0.39 is 14.9 Å². The van der Waals surface area contributed by atoms with Crippen LogP contribution in [0.1, 0.15) is 19.3 Å². The van der Waals surface area contributed by atoms with Gasteiger partial charge in [-0.05, 0) is 32.0 Å². The second kappa shape index (κ2) is 8.37. The maximum absolute atomic E-state index is 12.1. The molecule has 25 heavy (non-hydrogen) atoms. The van der Waals surface area contributed by atoms with Crippen molar-refractivity contribution in [1.29, 1.82) is 0 Å².